The van der Waals surface area contributed by atoms with Crippen molar-refractivity contribution in [1.82, 2.24) is 9.97 Å². The summed E-state index contributed by atoms with van der Waals surface area (Å²) in [5.74, 6) is 1.41. The molecule has 1 N–H and O–H groups in total. The van der Waals surface area contributed by atoms with Crippen molar-refractivity contribution < 1.29 is 9.84 Å². The van der Waals surface area contributed by atoms with Crippen LogP contribution in [0.4, 0.5) is 0 Å². The highest BCUT2D eigenvalue weighted by Crippen LogP contribution is 2.34. The van der Waals surface area contributed by atoms with Crippen LogP contribution in [0.2, 0.25) is 0 Å². The van der Waals surface area contributed by atoms with Crippen LogP contribution >= 0.6 is 0 Å². The normalized spacial score (nSPS) is 10.6. The minimum absolute atomic E-state index is 0.198. The third kappa shape index (κ3) is 4.20. The third-order valence-electron chi connectivity index (χ3n) is 5.10. The van der Waals surface area contributed by atoms with Crippen LogP contribution in [0.15, 0.2) is 115 Å². The number of phenols is 1. The summed E-state index contributed by atoms with van der Waals surface area (Å²) in [5.41, 5.74) is 5.19. The number of phenolic OH excluding ortho intramolecular Hbond substituents is 1. The fourth-order valence-corrected chi connectivity index (χ4v) is 3.55. The van der Waals surface area contributed by atoms with Gasteiger partial charge < -0.3 is 9.84 Å². The Morgan fingerprint density at radius 1 is 0.594 bits per heavy atom. The van der Waals surface area contributed by atoms with E-state index in [2.05, 4.69) is 23.2 Å². The van der Waals surface area contributed by atoms with Gasteiger partial charge in [0.05, 0.1) is 11.4 Å². The van der Waals surface area contributed by atoms with Gasteiger partial charge in [0, 0.05) is 23.4 Å². The Morgan fingerprint density at radius 2 is 1.34 bits per heavy atom. The van der Waals surface area contributed by atoms with Gasteiger partial charge in [-0.2, -0.15) is 0 Å². The quantitative estimate of drug-likeness (QED) is 0.336. The molecule has 0 saturated heterocycles. The smallest absolute Gasteiger partial charge is 0.219 e. The van der Waals surface area contributed by atoms with Crippen LogP contribution in [-0.4, -0.2) is 15.1 Å². The zero-order valence-corrected chi connectivity index (χ0v) is 17.2. The molecule has 0 unspecified atom stereocenters. The van der Waals surface area contributed by atoms with Crippen molar-refractivity contribution in [2.24, 2.45) is 0 Å². The average molecular weight is 416 g/mol. The van der Waals surface area contributed by atoms with Crippen LogP contribution in [0.1, 0.15) is 0 Å². The van der Waals surface area contributed by atoms with E-state index in [4.69, 9.17) is 9.72 Å². The first-order valence-corrected chi connectivity index (χ1v) is 10.3. The molecule has 0 aliphatic rings. The molecule has 4 heteroatoms. The predicted octanol–water partition coefficient (Wildman–Crippen LogP) is 6.98. The summed E-state index contributed by atoms with van der Waals surface area (Å²) >= 11 is 0. The van der Waals surface area contributed by atoms with Gasteiger partial charge in [-0.05, 0) is 53.6 Å². The van der Waals surface area contributed by atoms with Crippen molar-refractivity contribution in [3.8, 4) is 51.0 Å². The summed E-state index contributed by atoms with van der Waals surface area (Å²) in [6.07, 6.45) is 1.70. The van der Waals surface area contributed by atoms with Crippen molar-refractivity contribution in [2.75, 3.05) is 0 Å². The summed E-state index contributed by atoms with van der Waals surface area (Å²) in [7, 11) is 0. The summed E-state index contributed by atoms with van der Waals surface area (Å²) < 4.78 is 5.91. The lowest BCUT2D eigenvalue weighted by atomic mass is 9.99. The molecule has 0 aliphatic carbocycles. The van der Waals surface area contributed by atoms with Crippen LogP contribution in [0.5, 0.6) is 17.4 Å². The fourth-order valence-electron chi connectivity index (χ4n) is 3.55. The summed E-state index contributed by atoms with van der Waals surface area (Å²) in [6.45, 7) is 0. The molecule has 5 aromatic rings. The van der Waals surface area contributed by atoms with Crippen molar-refractivity contribution in [2.45, 2.75) is 0 Å². The molecule has 2 aromatic heterocycles. The lowest BCUT2D eigenvalue weighted by molar-refractivity contribution is 0.463. The highest BCUT2D eigenvalue weighted by Gasteiger charge is 2.12. The minimum atomic E-state index is 0.198. The number of rotatable bonds is 5. The van der Waals surface area contributed by atoms with Gasteiger partial charge in [0.2, 0.25) is 5.88 Å². The van der Waals surface area contributed by atoms with E-state index in [0.717, 1.165) is 22.4 Å². The molecule has 5 rings (SSSR count). The summed E-state index contributed by atoms with van der Waals surface area (Å²) in [6, 6.07) is 34.8. The first-order valence-electron chi connectivity index (χ1n) is 10.3. The lowest BCUT2D eigenvalue weighted by Crippen LogP contribution is -1.92. The zero-order chi connectivity index (χ0) is 21.8. The van der Waals surface area contributed by atoms with Crippen molar-refractivity contribution in [1.29, 1.82) is 0 Å². The van der Waals surface area contributed by atoms with E-state index in [9.17, 15) is 5.11 Å². The molecule has 0 bridgehead atoms. The second-order valence-electron chi connectivity index (χ2n) is 7.31. The Hall–Kier alpha value is -4.44. The van der Waals surface area contributed by atoms with Crippen molar-refractivity contribution in [3.05, 3.63) is 115 Å². The average Bonchev–Trinajstić information content (AvgIpc) is 2.85. The van der Waals surface area contributed by atoms with Gasteiger partial charge in [0.25, 0.3) is 0 Å². The van der Waals surface area contributed by atoms with E-state index in [-0.39, 0.29) is 5.75 Å². The van der Waals surface area contributed by atoms with Gasteiger partial charge in [-0.25, -0.2) is 9.97 Å². The maximum absolute atomic E-state index is 10.4. The van der Waals surface area contributed by atoms with Gasteiger partial charge in [-0.3, -0.25) is 0 Å². The standard InChI is InChI=1S/C28H20N2O2/c31-27-14-5-4-13-24(27)26-19-22(20-9-2-1-3-10-20)18-25(30-26)21-11-8-12-23(17-21)32-28-15-6-7-16-29-28/h1-19,31H. The molecule has 4 nitrogen and oxygen atoms in total. The molecule has 0 atom stereocenters. The number of benzene rings is 3. The molecule has 0 spiro atoms. The Kier molecular flexibility index (Phi) is 5.33. The second-order valence-corrected chi connectivity index (χ2v) is 7.31. The van der Waals surface area contributed by atoms with Crippen LogP contribution in [-0.2, 0) is 0 Å². The first kappa shape index (κ1) is 19.5. The number of ether oxygens (including phenoxy) is 1. The highest BCUT2D eigenvalue weighted by molar-refractivity contribution is 5.78. The molecule has 0 aliphatic heterocycles. The SMILES string of the molecule is Oc1ccccc1-c1cc(-c2ccccc2)cc(-c2cccc(Oc3ccccn3)c2)n1. The van der Waals surface area contributed by atoms with Gasteiger partial charge in [0.1, 0.15) is 11.5 Å². The van der Waals surface area contributed by atoms with E-state index in [1.54, 1.807) is 18.3 Å². The lowest BCUT2D eigenvalue weighted by Gasteiger charge is -2.12. The van der Waals surface area contributed by atoms with E-state index in [1.807, 2.05) is 78.9 Å². The van der Waals surface area contributed by atoms with Gasteiger partial charge in [-0.1, -0.05) is 60.7 Å². The van der Waals surface area contributed by atoms with E-state index in [1.165, 1.54) is 0 Å². The number of hydrogen-bond donors (Lipinski definition) is 1. The Labute approximate surface area is 186 Å². The second kappa shape index (κ2) is 8.74. The Bertz CT molecular complexity index is 1350. The fraction of sp³-hybridized carbons (Fsp3) is 0. The molecule has 0 fully saturated rings. The van der Waals surface area contributed by atoms with Gasteiger partial charge in [0.15, 0.2) is 0 Å². The molecule has 2 heterocycles. The van der Waals surface area contributed by atoms with Gasteiger partial charge >= 0.3 is 0 Å². The molecular weight excluding hydrogens is 396 g/mol. The minimum Gasteiger partial charge on any atom is -0.507 e. The number of aromatic hydroxyl groups is 1. The maximum Gasteiger partial charge on any atom is 0.219 e. The Balaban J connectivity index is 1.61. The van der Waals surface area contributed by atoms with E-state index in [0.29, 0.717) is 22.9 Å². The van der Waals surface area contributed by atoms with Crippen LogP contribution in [0.3, 0.4) is 0 Å². The number of para-hydroxylation sites is 1. The number of nitrogens with zero attached hydrogens (tertiary/aromatic N) is 2. The van der Waals surface area contributed by atoms with Crippen LogP contribution < -0.4 is 4.74 Å². The maximum atomic E-state index is 10.4. The van der Waals surface area contributed by atoms with E-state index >= 15 is 0 Å². The van der Waals surface area contributed by atoms with Crippen molar-refractivity contribution >= 4 is 0 Å². The zero-order valence-electron chi connectivity index (χ0n) is 17.2. The molecule has 32 heavy (non-hydrogen) atoms. The number of aromatic nitrogens is 2. The Morgan fingerprint density at radius 3 is 2.16 bits per heavy atom. The van der Waals surface area contributed by atoms with Gasteiger partial charge in [-0.15, -0.1) is 0 Å². The largest absolute Gasteiger partial charge is 0.507 e. The number of hydrogen-bond acceptors (Lipinski definition) is 4. The first-order chi connectivity index (χ1) is 15.8. The van der Waals surface area contributed by atoms with Crippen molar-refractivity contribution in [3.63, 3.8) is 0 Å². The van der Waals surface area contributed by atoms with Crippen LogP contribution in [0.25, 0.3) is 33.6 Å². The summed E-state index contributed by atoms with van der Waals surface area (Å²) in [4.78, 5) is 9.11. The highest BCUT2D eigenvalue weighted by atomic mass is 16.5. The molecule has 0 saturated carbocycles. The molecule has 0 radical (unpaired) electrons. The molecule has 0 amide bonds. The van der Waals surface area contributed by atoms with E-state index < -0.39 is 0 Å². The summed E-state index contributed by atoms with van der Waals surface area (Å²) in [5, 5.41) is 10.4. The van der Waals surface area contributed by atoms with Crippen LogP contribution in [0, 0.1) is 0 Å². The molecule has 154 valence electrons. The third-order valence-corrected chi connectivity index (χ3v) is 5.10. The molecular formula is C28H20N2O2. The number of pyridine rings is 2. The molecule has 3 aromatic carbocycles. The predicted molar refractivity (Wildman–Crippen MR) is 127 cm³/mol. The topological polar surface area (TPSA) is 55.2 Å². The monoisotopic (exact) mass is 416 g/mol.